The lowest BCUT2D eigenvalue weighted by Crippen LogP contribution is -2.33. The van der Waals surface area contributed by atoms with E-state index < -0.39 is 0 Å². The Labute approximate surface area is 102 Å². The van der Waals surface area contributed by atoms with E-state index in [1.807, 2.05) is 7.05 Å². The first kappa shape index (κ1) is 12.2. The average Bonchev–Trinajstić information content (AvgIpc) is 2.90. The highest BCUT2D eigenvalue weighted by Crippen LogP contribution is 2.17. The van der Waals surface area contributed by atoms with Crippen LogP contribution in [0.4, 0.5) is 5.95 Å². The van der Waals surface area contributed by atoms with Crippen molar-refractivity contribution in [3.05, 3.63) is 11.4 Å². The third-order valence-electron chi connectivity index (χ3n) is 3.27. The largest absolute Gasteiger partial charge is 0.379 e. The second kappa shape index (κ2) is 5.40. The lowest BCUT2D eigenvalue weighted by atomic mass is 10.2. The van der Waals surface area contributed by atoms with E-state index in [0.717, 1.165) is 49.8 Å². The van der Waals surface area contributed by atoms with Crippen molar-refractivity contribution in [1.82, 2.24) is 15.2 Å². The second-order valence-corrected chi connectivity index (χ2v) is 4.34. The minimum absolute atomic E-state index is 0.383. The fourth-order valence-corrected chi connectivity index (χ4v) is 2.07. The second-order valence-electron chi connectivity index (χ2n) is 4.34. The number of anilines is 1. The number of hydrogen-bond donors (Lipinski definition) is 0. The van der Waals surface area contributed by atoms with Gasteiger partial charge in [-0.25, -0.2) is 4.98 Å². The third kappa shape index (κ3) is 2.54. The molecule has 1 aromatic rings. The molecule has 1 fully saturated rings. The summed E-state index contributed by atoms with van der Waals surface area (Å²) in [6.07, 6.45) is 2.83. The molecule has 1 aromatic heterocycles. The Kier molecular flexibility index (Phi) is 3.89. The standard InChI is InChI=1S/C12H20N4O/c1-4-10-11(5-2)14-15-12(13-10)16(3)9-6-7-17-8-9/h9H,4-8H2,1-3H3. The summed E-state index contributed by atoms with van der Waals surface area (Å²) in [5.74, 6) is 0.717. The van der Waals surface area contributed by atoms with Crippen LogP contribution in [0.3, 0.4) is 0 Å². The maximum atomic E-state index is 5.38. The van der Waals surface area contributed by atoms with Gasteiger partial charge in [-0.05, 0) is 19.3 Å². The van der Waals surface area contributed by atoms with Crippen molar-refractivity contribution < 1.29 is 4.74 Å². The van der Waals surface area contributed by atoms with Crippen LogP contribution in [0.15, 0.2) is 0 Å². The van der Waals surface area contributed by atoms with Crippen molar-refractivity contribution in [2.24, 2.45) is 0 Å². The van der Waals surface area contributed by atoms with Crippen molar-refractivity contribution in [2.75, 3.05) is 25.2 Å². The number of ether oxygens (including phenoxy) is 1. The maximum absolute atomic E-state index is 5.38. The van der Waals surface area contributed by atoms with Gasteiger partial charge >= 0.3 is 0 Å². The molecule has 2 rings (SSSR count). The number of likely N-dealkylation sites (N-methyl/N-ethyl adjacent to an activating group) is 1. The minimum atomic E-state index is 0.383. The van der Waals surface area contributed by atoms with Gasteiger partial charge in [-0.1, -0.05) is 13.8 Å². The summed E-state index contributed by atoms with van der Waals surface area (Å²) in [5, 5.41) is 8.48. The van der Waals surface area contributed by atoms with Crippen LogP contribution in [0, 0.1) is 0 Å². The van der Waals surface area contributed by atoms with Crippen LogP contribution in [0.1, 0.15) is 31.7 Å². The lowest BCUT2D eigenvalue weighted by Gasteiger charge is -2.23. The number of nitrogens with zero attached hydrogens (tertiary/aromatic N) is 4. The van der Waals surface area contributed by atoms with E-state index >= 15 is 0 Å². The molecule has 0 spiro atoms. The Hall–Kier alpha value is -1.23. The maximum Gasteiger partial charge on any atom is 0.245 e. The number of aromatic nitrogens is 3. The summed E-state index contributed by atoms with van der Waals surface area (Å²) in [4.78, 5) is 6.69. The van der Waals surface area contributed by atoms with E-state index in [2.05, 4.69) is 33.9 Å². The SMILES string of the molecule is CCc1nnc(N(C)C2CCOC2)nc1CC. The molecule has 1 aliphatic heterocycles. The van der Waals surface area contributed by atoms with Crippen molar-refractivity contribution in [1.29, 1.82) is 0 Å². The van der Waals surface area contributed by atoms with Crippen LogP contribution in [-0.2, 0) is 17.6 Å². The zero-order valence-electron chi connectivity index (χ0n) is 10.8. The molecule has 1 unspecified atom stereocenters. The van der Waals surface area contributed by atoms with Crippen molar-refractivity contribution in [3.8, 4) is 0 Å². The highest BCUT2D eigenvalue weighted by atomic mass is 16.5. The normalized spacial score (nSPS) is 19.6. The topological polar surface area (TPSA) is 51.1 Å². The van der Waals surface area contributed by atoms with Gasteiger partial charge in [-0.15, -0.1) is 5.10 Å². The highest BCUT2D eigenvalue weighted by Gasteiger charge is 2.23. The molecular weight excluding hydrogens is 216 g/mol. The molecule has 17 heavy (non-hydrogen) atoms. The van der Waals surface area contributed by atoms with Crippen LogP contribution in [-0.4, -0.2) is 41.5 Å². The molecule has 0 N–H and O–H groups in total. The number of rotatable bonds is 4. The summed E-state index contributed by atoms with van der Waals surface area (Å²) in [6.45, 7) is 5.78. The average molecular weight is 236 g/mol. The molecule has 94 valence electrons. The van der Waals surface area contributed by atoms with Gasteiger partial charge in [-0.2, -0.15) is 5.10 Å². The molecule has 1 saturated heterocycles. The Morgan fingerprint density at radius 1 is 1.24 bits per heavy atom. The predicted molar refractivity (Wildman–Crippen MR) is 66.2 cm³/mol. The summed E-state index contributed by atoms with van der Waals surface area (Å²) in [7, 11) is 2.02. The van der Waals surface area contributed by atoms with Crippen LogP contribution >= 0.6 is 0 Å². The van der Waals surface area contributed by atoms with E-state index in [0.29, 0.717) is 6.04 Å². The molecule has 0 aromatic carbocycles. The van der Waals surface area contributed by atoms with Crippen LogP contribution in [0.25, 0.3) is 0 Å². The van der Waals surface area contributed by atoms with Gasteiger partial charge < -0.3 is 9.64 Å². The number of aryl methyl sites for hydroxylation is 2. The first-order chi connectivity index (χ1) is 8.26. The Morgan fingerprint density at radius 3 is 2.59 bits per heavy atom. The summed E-state index contributed by atoms with van der Waals surface area (Å²) >= 11 is 0. The van der Waals surface area contributed by atoms with E-state index in [-0.39, 0.29) is 0 Å². The molecule has 0 radical (unpaired) electrons. The van der Waals surface area contributed by atoms with E-state index in [1.165, 1.54) is 0 Å². The minimum Gasteiger partial charge on any atom is -0.379 e. The molecular formula is C12H20N4O. The Balaban J connectivity index is 2.20. The van der Waals surface area contributed by atoms with E-state index in [4.69, 9.17) is 4.74 Å². The molecule has 0 saturated carbocycles. The Bertz CT molecular complexity index is 377. The summed E-state index contributed by atoms with van der Waals surface area (Å²) in [6, 6.07) is 0.383. The fraction of sp³-hybridized carbons (Fsp3) is 0.750. The van der Waals surface area contributed by atoms with Crippen molar-refractivity contribution >= 4 is 5.95 Å². The molecule has 5 heteroatoms. The molecule has 1 aliphatic rings. The van der Waals surface area contributed by atoms with Gasteiger partial charge in [0.25, 0.3) is 0 Å². The first-order valence-electron chi connectivity index (χ1n) is 6.29. The zero-order valence-corrected chi connectivity index (χ0v) is 10.8. The molecule has 0 aliphatic carbocycles. The predicted octanol–water partition coefficient (Wildman–Crippen LogP) is 1.22. The third-order valence-corrected chi connectivity index (χ3v) is 3.27. The van der Waals surface area contributed by atoms with Gasteiger partial charge in [-0.3, -0.25) is 0 Å². The van der Waals surface area contributed by atoms with Gasteiger partial charge in [0.1, 0.15) is 0 Å². The smallest absolute Gasteiger partial charge is 0.245 e. The van der Waals surface area contributed by atoms with Gasteiger partial charge in [0.05, 0.1) is 24.0 Å². The summed E-state index contributed by atoms with van der Waals surface area (Å²) in [5.41, 5.74) is 2.07. The molecule has 1 atom stereocenters. The van der Waals surface area contributed by atoms with Crippen LogP contribution in [0.5, 0.6) is 0 Å². The van der Waals surface area contributed by atoms with Crippen LogP contribution < -0.4 is 4.90 Å². The number of hydrogen-bond acceptors (Lipinski definition) is 5. The molecule has 2 heterocycles. The van der Waals surface area contributed by atoms with E-state index in [9.17, 15) is 0 Å². The van der Waals surface area contributed by atoms with E-state index in [1.54, 1.807) is 0 Å². The molecule has 5 nitrogen and oxygen atoms in total. The Morgan fingerprint density at radius 2 is 2.00 bits per heavy atom. The van der Waals surface area contributed by atoms with Gasteiger partial charge in [0.15, 0.2) is 0 Å². The highest BCUT2D eigenvalue weighted by molar-refractivity contribution is 5.31. The first-order valence-corrected chi connectivity index (χ1v) is 6.29. The molecule has 0 amide bonds. The van der Waals surface area contributed by atoms with Gasteiger partial charge in [0, 0.05) is 13.7 Å². The fourth-order valence-electron chi connectivity index (χ4n) is 2.07. The van der Waals surface area contributed by atoms with Gasteiger partial charge in [0.2, 0.25) is 5.95 Å². The zero-order chi connectivity index (χ0) is 12.3. The van der Waals surface area contributed by atoms with Crippen LogP contribution in [0.2, 0.25) is 0 Å². The summed E-state index contributed by atoms with van der Waals surface area (Å²) < 4.78 is 5.38. The monoisotopic (exact) mass is 236 g/mol. The molecule has 0 bridgehead atoms. The lowest BCUT2D eigenvalue weighted by molar-refractivity contribution is 0.193. The van der Waals surface area contributed by atoms with Crippen molar-refractivity contribution in [3.63, 3.8) is 0 Å². The van der Waals surface area contributed by atoms with Crippen molar-refractivity contribution in [2.45, 2.75) is 39.2 Å². The quantitative estimate of drug-likeness (QED) is 0.786.